The molecule has 9 nitrogen and oxygen atoms in total. The van der Waals surface area contributed by atoms with Gasteiger partial charge in [0, 0.05) is 17.2 Å². The number of nitrogens with one attached hydrogen (secondary N) is 1. The molecule has 4 amide bonds. The highest BCUT2D eigenvalue weighted by Crippen LogP contribution is 2.36. The Morgan fingerprint density at radius 2 is 1.65 bits per heavy atom. The van der Waals surface area contributed by atoms with Crippen molar-refractivity contribution in [2.45, 2.75) is 13.5 Å². The smallest absolute Gasteiger partial charge is 0.335 e. The molecule has 1 aliphatic rings. The molecular formula is C25H16Cl3N3O6. The Morgan fingerprint density at radius 1 is 1.00 bits per heavy atom. The van der Waals surface area contributed by atoms with E-state index in [1.807, 2.05) is 0 Å². The van der Waals surface area contributed by atoms with Gasteiger partial charge in [-0.2, -0.15) is 0 Å². The molecule has 0 saturated carbocycles. The Labute approximate surface area is 225 Å². The molecule has 12 heteroatoms. The summed E-state index contributed by atoms with van der Waals surface area (Å²) in [5, 5.41) is 13.5. The first-order chi connectivity index (χ1) is 17.5. The molecule has 1 heterocycles. The van der Waals surface area contributed by atoms with Crippen LogP contribution < -0.4 is 15.0 Å². The molecule has 0 bridgehead atoms. The van der Waals surface area contributed by atoms with Crippen LogP contribution in [0.25, 0.3) is 6.08 Å². The molecule has 4 rings (SSSR count). The largest absolute Gasteiger partial charge is 0.486 e. The van der Waals surface area contributed by atoms with Crippen molar-refractivity contribution in [1.82, 2.24) is 5.32 Å². The number of halogens is 3. The molecule has 0 aliphatic carbocycles. The lowest BCUT2D eigenvalue weighted by atomic mass is 10.1. The number of rotatable bonds is 6. The van der Waals surface area contributed by atoms with E-state index in [-0.39, 0.29) is 39.3 Å². The van der Waals surface area contributed by atoms with Crippen LogP contribution in [0.1, 0.15) is 16.7 Å². The number of aryl methyl sites for hydroxylation is 1. The van der Waals surface area contributed by atoms with E-state index >= 15 is 0 Å². The van der Waals surface area contributed by atoms with E-state index in [2.05, 4.69) is 5.32 Å². The molecule has 188 valence electrons. The fourth-order valence-electron chi connectivity index (χ4n) is 3.54. The van der Waals surface area contributed by atoms with Crippen molar-refractivity contribution in [2.24, 2.45) is 0 Å². The first-order valence-electron chi connectivity index (χ1n) is 10.6. The van der Waals surface area contributed by atoms with Crippen LogP contribution in [-0.2, 0) is 16.2 Å². The van der Waals surface area contributed by atoms with Crippen molar-refractivity contribution >= 4 is 70.1 Å². The van der Waals surface area contributed by atoms with Crippen LogP contribution in [-0.4, -0.2) is 22.8 Å². The van der Waals surface area contributed by atoms with E-state index in [1.54, 1.807) is 31.2 Å². The number of amides is 4. The van der Waals surface area contributed by atoms with E-state index in [4.69, 9.17) is 39.5 Å². The monoisotopic (exact) mass is 559 g/mol. The number of non-ortho nitro benzene ring substituents is 1. The van der Waals surface area contributed by atoms with Crippen LogP contribution in [0, 0.1) is 17.0 Å². The van der Waals surface area contributed by atoms with Crippen LogP contribution in [0.5, 0.6) is 5.75 Å². The maximum absolute atomic E-state index is 13.2. The molecule has 3 aromatic carbocycles. The molecule has 0 radical (unpaired) electrons. The Kier molecular flexibility index (Phi) is 7.49. The first-order valence-corrected chi connectivity index (χ1v) is 11.7. The third kappa shape index (κ3) is 5.59. The zero-order valence-corrected chi connectivity index (χ0v) is 21.2. The van der Waals surface area contributed by atoms with Crippen molar-refractivity contribution in [1.29, 1.82) is 0 Å². The standard InChI is InChI=1S/C25H16Cl3N3O6/c1-13-2-5-16(26)11-21(13)30-24(33)18(23(32)29-25(30)34)8-15-9-19(27)22(20(28)10-15)37-12-14-3-6-17(7-4-14)31(35)36/h2-11H,12H2,1H3,(H,29,32,34)/b18-8+. The summed E-state index contributed by atoms with van der Waals surface area (Å²) in [6.45, 7) is 1.73. The Hall–Kier alpha value is -3.92. The fourth-order valence-corrected chi connectivity index (χ4v) is 4.32. The lowest BCUT2D eigenvalue weighted by molar-refractivity contribution is -0.384. The van der Waals surface area contributed by atoms with Gasteiger partial charge in [-0.1, -0.05) is 40.9 Å². The van der Waals surface area contributed by atoms with Crippen molar-refractivity contribution in [2.75, 3.05) is 4.90 Å². The zero-order chi connectivity index (χ0) is 26.9. The normalized spacial score (nSPS) is 14.6. The van der Waals surface area contributed by atoms with Gasteiger partial charge in [0.25, 0.3) is 17.5 Å². The van der Waals surface area contributed by atoms with Gasteiger partial charge in [0.15, 0.2) is 5.75 Å². The topological polar surface area (TPSA) is 119 Å². The fraction of sp³-hybridized carbons (Fsp3) is 0.0800. The number of hydrogen-bond donors (Lipinski definition) is 1. The minimum Gasteiger partial charge on any atom is -0.486 e. The van der Waals surface area contributed by atoms with Crippen LogP contribution in [0.15, 0.2) is 60.2 Å². The lowest BCUT2D eigenvalue weighted by Crippen LogP contribution is -2.54. The molecule has 0 unspecified atom stereocenters. The second-order valence-electron chi connectivity index (χ2n) is 7.91. The summed E-state index contributed by atoms with van der Waals surface area (Å²) in [5.41, 5.74) is 1.43. The van der Waals surface area contributed by atoms with Crippen molar-refractivity contribution in [3.05, 3.63) is 102 Å². The maximum Gasteiger partial charge on any atom is 0.335 e. The SMILES string of the molecule is Cc1ccc(Cl)cc1N1C(=O)NC(=O)/C(=C\c2cc(Cl)c(OCc3ccc([N+](=O)[O-])cc3)c(Cl)c2)C1=O. The number of ether oxygens (including phenoxy) is 1. The molecule has 37 heavy (non-hydrogen) atoms. The zero-order valence-electron chi connectivity index (χ0n) is 19.0. The predicted octanol–water partition coefficient (Wildman–Crippen LogP) is 6.11. The van der Waals surface area contributed by atoms with Crippen LogP contribution in [0.4, 0.5) is 16.2 Å². The number of benzene rings is 3. The van der Waals surface area contributed by atoms with Crippen molar-refractivity contribution < 1.29 is 24.0 Å². The summed E-state index contributed by atoms with van der Waals surface area (Å²) in [6.07, 6.45) is 1.26. The number of carbonyl (C=O) groups excluding carboxylic acids is 3. The number of carbonyl (C=O) groups is 3. The molecule has 1 N–H and O–H groups in total. The Balaban J connectivity index is 1.59. The molecule has 0 atom stereocenters. The second-order valence-corrected chi connectivity index (χ2v) is 9.17. The van der Waals surface area contributed by atoms with E-state index < -0.39 is 22.8 Å². The number of hydrogen-bond acceptors (Lipinski definition) is 6. The van der Waals surface area contributed by atoms with Gasteiger partial charge >= 0.3 is 6.03 Å². The number of imide groups is 2. The molecule has 0 spiro atoms. The van der Waals surface area contributed by atoms with Gasteiger partial charge in [0.2, 0.25) is 0 Å². The van der Waals surface area contributed by atoms with Crippen LogP contribution in [0.3, 0.4) is 0 Å². The molecular weight excluding hydrogens is 545 g/mol. The van der Waals surface area contributed by atoms with Gasteiger partial charge in [0.1, 0.15) is 12.2 Å². The Bertz CT molecular complexity index is 1460. The quantitative estimate of drug-likeness (QED) is 0.168. The van der Waals surface area contributed by atoms with Crippen LogP contribution >= 0.6 is 34.8 Å². The van der Waals surface area contributed by atoms with Gasteiger partial charge in [-0.15, -0.1) is 0 Å². The van der Waals surface area contributed by atoms with Crippen molar-refractivity contribution in [3.8, 4) is 5.75 Å². The van der Waals surface area contributed by atoms with Gasteiger partial charge in [-0.05, 0) is 66.1 Å². The number of nitro benzene ring substituents is 1. The average Bonchev–Trinajstić information content (AvgIpc) is 2.83. The molecule has 0 aromatic heterocycles. The van der Waals surface area contributed by atoms with Gasteiger partial charge in [-0.25, -0.2) is 9.69 Å². The van der Waals surface area contributed by atoms with E-state index in [1.165, 1.54) is 36.4 Å². The highest BCUT2D eigenvalue weighted by Gasteiger charge is 2.37. The summed E-state index contributed by atoms with van der Waals surface area (Å²) in [4.78, 5) is 49.3. The van der Waals surface area contributed by atoms with Gasteiger partial charge in [-0.3, -0.25) is 25.0 Å². The number of nitro groups is 1. The first kappa shape index (κ1) is 26.2. The molecule has 1 fully saturated rings. The average molecular weight is 561 g/mol. The number of urea groups is 1. The highest BCUT2D eigenvalue weighted by molar-refractivity contribution is 6.40. The molecule has 3 aromatic rings. The summed E-state index contributed by atoms with van der Waals surface area (Å²) in [5.74, 6) is -1.57. The van der Waals surface area contributed by atoms with E-state index in [0.717, 1.165) is 4.90 Å². The van der Waals surface area contributed by atoms with E-state index in [9.17, 15) is 24.5 Å². The van der Waals surface area contributed by atoms with Gasteiger partial charge in [0.05, 0.1) is 20.7 Å². The third-order valence-corrected chi connectivity index (χ3v) is 6.17. The molecule has 1 saturated heterocycles. The lowest BCUT2D eigenvalue weighted by Gasteiger charge is -2.27. The molecule has 1 aliphatic heterocycles. The minimum absolute atomic E-state index is 0.0365. The second kappa shape index (κ2) is 10.6. The van der Waals surface area contributed by atoms with Crippen LogP contribution in [0.2, 0.25) is 15.1 Å². The highest BCUT2D eigenvalue weighted by atomic mass is 35.5. The third-order valence-electron chi connectivity index (χ3n) is 5.38. The van der Waals surface area contributed by atoms with Gasteiger partial charge < -0.3 is 4.74 Å². The number of nitrogens with zero attached hydrogens (tertiary/aromatic N) is 2. The number of barbiturate groups is 1. The number of anilines is 1. The summed E-state index contributed by atoms with van der Waals surface area (Å²) >= 11 is 18.7. The summed E-state index contributed by atoms with van der Waals surface area (Å²) in [6, 6.07) is 12.5. The van der Waals surface area contributed by atoms with E-state index in [0.29, 0.717) is 21.7 Å². The summed E-state index contributed by atoms with van der Waals surface area (Å²) in [7, 11) is 0. The summed E-state index contributed by atoms with van der Waals surface area (Å²) < 4.78 is 5.69. The Morgan fingerprint density at radius 3 is 2.27 bits per heavy atom. The maximum atomic E-state index is 13.2. The predicted molar refractivity (Wildman–Crippen MR) is 139 cm³/mol. The van der Waals surface area contributed by atoms with Crippen molar-refractivity contribution in [3.63, 3.8) is 0 Å². The minimum atomic E-state index is -0.899.